The summed E-state index contributed by atoms with van der Waals surface area (Å²) in [6, 6.07) is 3.41. The zero-order valence-corrected chi connectivity index (χ0v) is 12.4. The molecule has 1 fully saturated rings. The summed E-state index contributed by atoms with van der Waals surface area (Å²) < 4.78 is 5.27. The van der Waals surface area contributed by atoms with Gasteiger partial charge in [-0.1, -0.05) is 23.2 Å². The predicted octanol–water partition coefficient (Wildman–Crippen LogP) is 2.36. The van der Waals surface area contributed by atoms with Gasteiger partial charge in [-0.05, 0) is 19.2 Å². The molecule has 1 aromatic rings. The van der Waals surface area contributed by atoms with E-state index in [-0.39, 0.29) is 0 Å². The number of ether oxygens (including phenoxy) is 1. The highest BCUT2D eigenvalue weighted by atomic mass is 35.5. The summed E-state index contributed by atoms with van der Waals surface area (Å²) in [5.74, 6) is 0. The Labute approximate surface area is 123 Å². The number of pyridine rings is 1. The van der Waals surface area contributed by atoms with Crippen molar-refractivity contribution in [3.05, 3.63) is 28.0 Å². The first-order valence-electron chi connectivity index (χ1n) is 6.28. The molecule has 2 rings (SSSR count). The van der Waals surface area contributed by atoms with Crippen molar-refractivity contribution in [1.82, 2.24) is 9.88 Å². The number of likely N-dealkylation sites (N-methyl/N-ethyl adjacent to an activating group) is 1. The Hall–Kier alpha value is -0.390. The molecule has 1 N–H and O–H groups in total. The minimum atomic E-state index is -0.682. The van der Waals surface area contributed by atoms with Gasteiger partial charge in [-0.2, -0.15) is 0 Å². The first kappa shape index (κ1) is 15.0. The van der Waals surface area contributed by atoms with E-state index < -0.39 is 5.60 Å². The van der Waals surface area contributed by atoms with Crippen LogP contribution in [0.1, 0.15) is 18.5 Å². The summed E-state index contributed by atoms with van der Waals surface area (Å²) in [6.07, 6.45) is 1.32. The Morgan fingerprint density at radius 2 is 2.05 bits per heavy atom. The van der Waals surface area contributed by atoms with Gasteiger partial charge in [0, 0.05) is 39.1 Å². The number of hydrogen-bond donors (Lipinski definition) is 1. The van der Waals surface area contributed by atoms with E-state index in [9.17, 15) is 5.11 Å². The van der Waals surface area contributed by atoms with E-state index in [0.29, 0.717) is 49.3 Å². The van der Waals surface area contributed by atoms with E-state index >= 15 is 0 Å². The average Bonchev–Trinajstić information content (AvgIpc) is 2.34. The van der Waals surface area contributed by atoms with Crippen LogP contribution in [0.25, 0.3) is 0 Å². The molecule has 0 bridgehead atoms. The zero-order chi connectivity index (χ0) is 13.9. The van der Waals surface area contributed by atoms with Crippen LogP contribution in [0.2, 0.25) is 10.2 Å². The van der Waals surface area contributed by atoms with Crippen molar-refractivity contribution in [3.8, 4) is 0 Å². The van der Waals surface area contributed by atoms with E-state index in [2.05, 4.69) is 4.98 Å². The van der Waals surface area contributed by atoms with Crippen LogP contribution in [0.5, 0.6) is 0 Å². The third kappa shape index (κ3) is 4.29. The highest BCUT2D eigenvalue weighted by Crippen LogP contribution is 2.23. The molecule has 1 aromatic heterocycles. The molecule has 1 aliphatic heterocycles. The fraction of sp³-hybridized carbons (Fsp3) is 0.615. The van der Waals surface area contributed by atoms with Crippen molar-refractivity contribution in [3.63, 3.8) is 0 Å². The smallest absolute Gasteiger partial charge is 0.129 e. The average molecular weight is 305 g/mol. The summed E-state index contributed by atoms with van der Waals surface area (Å²) in [4.78, 5) is 6.22. The van der Waals surface area contributed by atoms with Gasteiger partial charge in [0.1, 0.15) is 5.15 Å². The quantitative estimate of drug-likeness (QED) is 0.868. The van der Waals surface area contributed by atoms with Gasteiger partial charge < -0.3 is 9.84 Å². The molecule has 6 heteroatoms. The van der Waals surface area contributed by atoms with E-state index in [0.717, 1.165) is 5.69 Å². The van der Waals surface area contributed by atoms with Crippen molar-refractivity contribution < 1.29 is 9.84 Å². The van der Waals surface area contributed by atoms with Gasteiger partial charge in [-0.25, -0.2) is 4.98 Å². The van der Waals surface area contributed by atoms with Crippen molar-refractivity contribution in [2.24, 2.45) is 0 Å². The number of hydrogen-bond acceptors (Lipinski definition) is 4. The first-order valence-corrected chi connectivity index (χ1v) is 7.04. The summed E-state index contributed by atoms with van der Waals surface area (Å²) >= 11 is 12.0. The van der Waals surface area contributed by atoms with Gasteiger partial charge in [0.2, 0.25) is 0 Å². The van der Waals surface area contributed by atoms with Gasteiger partial charge in [0.25, 0.3) is 0 Å². The van der Waals surface area contributed by atoms with Crippen LogP contribution in [0.15, 0.2) is 12.1 Å². The lowest BCUT2D eigenvalue weighted by Gasteiger charge is -2.35. The molecule has 1 aliphatic rings. The number of rotatable bonds is 4. The van der Waals surface area contributed by atoms with Gasteiger partial charge in [-0.15, -0.1) is 0 Å². The summed E-state index contributed by atoms with van der Waals surface area (Å²) in [5, 5.41) is 11.5. The van der Waals surface area contributed by atoms with E-state index in [1.165, 1.54) is 0 Å². The molecular weight excluding hydrogens is 287 g/mol. The molecule has 0 radical (unpaired) electrons. The molecule has 1 saturated heterocycles. The second kappa shape index (κ2) is 6.37. The van der Waals surface area contributed by atoms with Crippen molar-refractivity contribution in [2.75, 3.05) is 26.8 Å². The lowest BCUT2D eigenvalue weighted by Crippen LogP contribution is -2.45. The highest BCUT2D eigenvalue weighted by molar-refractivity contribution is 6.32. The molecule has 0 amide bonds. The number of aromatic nitrogens is 1. The van der Waals surface area contributed by atoms with Gasteiger partial charge in [-0.3, -0.25) is 4.90 Å². The Balaban J connectivity index is 1.96. The SMILES string of the molecule is CN(Cc1nc(Cl)ccc1Cl)CC1(O)CCOCC1. The molecule has 0 spiro atoms. The predicted molar refractivity (Wildman–Crippen MR) is 75.6 cm³/mol. The normalized spacial score (nSPS) is 18.8. The Kier molecular flexibility index (Phi) is 5.03. The topological polar surface area (TPSA) is 45.6 Å². The Morgan fingerprint density at radius 1 is 1.37 bits per heavy atom. The third-order valence-electron chi connectivity index (χ3n) is 3.29. The highest BCUT2D eigenvalue weighted by Gasteiger charge is 2.31. The lowest BCUT2D eigenvalue weighted by atomic mass is 9.94. The summed E-state index contributed by atoms with van der Waals surface area (Å²) in [5.41, 5.74) is 0.0465. The number of halogens is 2. The molecular formula is C13H18Cl2N2O2. The largest absolute Gasteiger partial charge is 0.388 e. The maximum absolute atomic E-state index is 10.4. The maximum Gasteiger partial charge on any atom is 0.129 e. The number of nitrogens with zero attached hydrogens (tertiary/aromatic N) is 2. The molecule has 0 aromatic carbocycles. The van der Waals surface area contributed by atoms with Crippen LogP contribution in [-0.4, -0.2) is 47.4 Å². The molecule has 2 heterocycles. The van der Waals surface area contributed by atoms with Gasteiger partial charge in [0.15, 0.2) is 0 Å². The summed E-state index contributed by atoms with van der Waals surface area (Å²) in [6.45, 7) is 2.35. The van der Waals surface area contributed by atoms with Crippen LogP contribution in [0, 0.1) is 0 Å². The number of aliphatic hydroxyl groups is 1. The fourth-order valence-electron chi connectivity index (χ4n) is 2.29. The molecule has 4 nitrogen and oxygen atoms in total. The van der Waals surface area contributed by atoms with Gasteiger partial charge in [0.05, 0.1) is 16.3 Å². The Morgan fingerprint density at radius 3 is 2.74 bits per heavy atom. The molecule has 0 atom stereocenters. The van der Waals surface area contributed by atoms with Crippen molar-refractivity contribution in [1.29, 1.82) is 0 Å². The molecule has 0 aliphatic carbocycles. The second-order valence-electron chi connectivity index (χ2n) is 5.07. The minimum absolute atomic E-state index is 0.428. The van der Waals surface area contributed by atoms with E-state index in [1.54, 1.807) is 12.1 Å². The molecule has 0 saturated carbocycles. The molecule has 106 valence electrons. The summed E-state index contributed by atoms with van der Waals surface area (Å²) in [7, 11) is 1.94. The monoisotopic (exact) mass is 304 g/mol. The maximum atomic E-state index is 10.4. The van der Waals surface area contributed by atoms with Crippen LogP contribution in [0.4, 0.5) is 0 Å². The molecule has 0 unspecified atom stereocenters. The fourth-order valence-corrected chi connectivity index (χ4v) is 2.62. The van der Waals surface area contributed by atoms with Crippen LogP contribution >= 0.6 is 23.2 Å². The Bertz CT molecular complexity index is 437. The first-order chi connectivity index (χ1) is 8.98. The second-order valence-corrected chi connectivity index (χ2v) is 5.87. The minimum Gasteiger partial charge on any atom is -0.388 e. The van der Waals surface area contributed by atoms with Crippen molar-refractivity contribution >= 4 is 23.2 Å². The lowest BCUT2D eigenvalue weighted by molar-refractivity contribution is -0.0778. The van der Waals surface area contributed by atoms with E-state index in [4.69, 9.17) is 27.9 Å². The van der Waals surface area contributed by atoms with Crippen LogP contribution in [-0.2, 0) is 11.3 Å². The van der Waals surface area contributed by atoms with Crippen LogP contribution < -0.4 is 0 Å². The standard InChI is InChI=1S/C13H18Cl2N2O2/c1-17(9-13(18)4-6-19-7-5-13)8-11-10(14)2-3-12(15)16-11/h2-3,18H,4-9H2,1H3. The third-order valence-corrected chi connectivity index (χ3v) is 3.85. The molecule has 19 heavy (non-hydrogen) atoms. The van der Waals surface area contributed by atoms with Crippen LogP contribution in [0.3, 0.4) is 0 Å². The van der Waals surface area contributed by atoms with Gasteiger partial charge >= 0.3 is 0 Å². The zero-order valence-electron chi connectivity index (χ0n) is 10.9. The van der Waals surface area contributed by atoms with Crippen molar-refractivity contribution in [2.45, 2.75) is 25.0 Å². The van der Waals surface area contributed by atoms with E-state index in [1.807, 2.05) is 11.9 Å².